The topological polar surface area (TPSA) is 48.5 Å². The summed E-state index contributed by atoms with van der Waals surface area (Å²) in [5.41, 5.74) is -0.321. The second kappa shape index (κ2) is 8.55. The lowest BCUT2D eigenvalue weighted by atomic mass is 10.2. The first kappa shape index (κ1) is 20.7. The maximum absolute atomic E-state index is 12.6. The molecule has 0 bridgehead atoms. The SMILES string of the molecule is O=C(CN1CCN(c2ccc(C(F)(F)F)cn2)CC1)Nc1cc(Cl)ccc1Cl. The van der Waals surface area contributed by atoms with Crippen LogP contribution in [0.5, 0.6) is 0 Å². The lowest BCUT2D eigenvalue weighted by Crippen LogP contribution is -2.49. The first-order valence-electron chi connectivity index (χ1n) is 8.48. The van der Waals surface area contributed by atoms with E-state index in [0.717, 1.165) is 12.3 Å². The fourth-order valence-corrected chi connectivity index (χ4v) is 3.20. The predicted octanol–water partition coefficient (Wildman–Crippen LogP) is 4.17. The second-order valence-electron chi connectivity index (χ2n) is 6.34. The van der Waals surface area contributed by atoms with Crippen LogP contribution in [0.15, 0.2) is 36.5 Å². The number of hydrogen-bond acceptors (Lipinski definition) is 4. The van der Waals surface area contributed by atoms with Gasteiger partial charge in [-0.15, -0.1) is 0 Å². The first-order chi connectivity index (χ1) is 13.2. The molecule has 2 aromatic rings. The van der Waals surface area contributed by atoms with Gasteiger partial charge < -0.3 is 10.2 Å². The number of aromatic nitrogens is 1. The Balaban J connectivity index is 1.51. The number of halogens is 5. The Bertz CT molecular complexity index is 838. The largest absolute Gasteiger partial charge is 0.417 e. The number of benzene rings is 1. The molecule has 150 valence electrons. The van der Waals surface area contributed by atoms with Crippen LogP contribution in [0.1, 0.15) is 5.56 Å². The summed E-state index contributed by atoms with van der Waals surface area (Å²) in [5.74, 6) is 0.271. The van der Waals surface area contributed by atoms with Crippen LogP contribution in [0.3, 0.4) is 0 Å². The molecule has 1 saturated heterocycles. The number of carbonyl (C=O) groups is 1. The van der Waals surface area contributed by atoms with Gasteiger partial charge in [0.1, 0.15) is 5.82 Å². The summed E-state index contributed by atoms with van der Waals surface area (Å²) in [7, 11) is 0. The van der Waals surface area contributed by atoms with Crippen LogP contribution >= 0.6 is 23.2 Å². The van der Waals surface area contributed by atoms with Crippen molar-refractivity contribution < 1.29 is 18.0 Å². The number of pyridine rings is 1. The highest BCUT2D eigenvalue weighted by molar-refractivity contribution is 6.35. The molecular formula is C18H17Cl2F3N4O. The van der Waals surface area contributed by atoms with Crippen LogP contribution < -0.4 is 10.2 Å². The van der Waals surface area contributed by atoms with E-state index in [2.05, 4.69) is 10.3 Å². The molecule has 0 radical (unpaired) electrons. The number of rotatable bonds is 4. The third kappa shape index (κ3) is 5.27. The van der Waals surface area contributed by atoms with E-state index < -0.39 is 11.7 Å². The van der Waals surface area contributed by atoms with Crippen LogP contribution in [-0.4, -0.2) is 48.5 Å². The van der Waals surface area contributed by atoms with Crippen molar-refractivity contribution in [3.8, 4) is 0 Å². The van der Waals surface area contributed by atoms with Gasteiger partial charge in [-0.05, 0) is 30.3 Å². The molecule has 3 rings (SSSR count). The number of amides is 1. The quantitative estimate of drug-likeness (QED) is 0.787. The van der Waals surface area contributed by atoms with Gasteiger partial charge in [0.15, 0.2) is 0 Å². The maximum Gasteiger partial charge on any atom is 0.417 e. The van der Waals surface area contributed by atoms with Gasteiger partial charge in [0, 0.05) is 37.4 Å². The Hall–Kier alpha value is -2.03. The predicted molar refractivity (Wildman–Crippen MR) is 103 cm³/mol. The molecule has 0 spiro atoms. The number of nitrogens with zero attached hydrogens (tertiary/aromatic N) is 3. The molecule has 5 nitrogen and oxygen atoms in total. The van der Waals surface area contributed by atoms with Crippen molar-refractivity contribution in [3.05, 3.63) is 52.1 Å². The van der Waals surface area contributed by atoms with Gasteiger partial charge in [-0.2, -0.15) is 13.2 Å². The second-order valence-corrected chi connectivity index (χ2v) is 7.18. The summed E-state index contributed by atoms with van der Waals surface area (Å²) in [5, 5.41) is 3.60. The Labute approximate surface area is 170 Å². The van der Waals surface area contributed by atoms with Gasteiger partial charge in [-0.25, -0.2) is 4.98 Å². The molecule has 0 atom stereocenters. The van der Waals surface area contributed by atoms with E-state index in [0.29, 0.717) is 47.7 Å². The van der Waals surface area contributed by atoms with Gasteiger partial charge in [-0.1, -0.05) is 23.2 Å². The van der Waals surface area contributed by atoms with Crippen molar-refractivity contribution in [1.82, 2.24) is 9.88 Å². The van der Waals surface area contributed by atoms with Crippen molar-refractivity contribution in [3.63, 3.8) is 0 Å². The van der Waals surface area contributed by atoms with Crippen LogP contribution in [0, 0.1) is 0 Å². The summed E-state index contributed by atoms with van der Waals surface area (Å²) in [6, 6.07) is 7.21. The molecular weight excluding hydrogens is 416 g/mol. The molecule has 1 aromatic carbocycles. The smallest absolute Gasteiger partial charge is 0.354 e. The molecule has 1 aromatic heterocycles. The van der Waals surface area contributed by atoms with Crippen LogP contribution in [0.4, 0.5) is 24.7 Å². The highest BCUT2D eigenvalue weighted by atomic mass is 35.5. The molecule has 1 N–H and O–H groups in total. The number of carbonyl (C=O) groups excluding carboxylic acids is 1. The fourth-order valence-electron chi connectivity index (χ4n) is 2.86. The van der Waals surface area contributed by atoms with E-state index in [-0.39, 0.29) is 12.5 Å². The highest BCUT2D eigenvalue weighted by Gasteiger charge is 2.31. The molecule has 0 unspecified atom stereocenters. The molecule has 0 saturated carbocycles. The van der Waals surface area contributed by atoms with E-state index in [9.17, 15) is 18.0 Å². The molecule has 28 heavy (non-hydrogen) atoms. The van der Waals surface area contributed by atoms with Gasteiger partial charge >= 0.3 is 6.18 Å². The lowest BCUT2D eigenvalue weighted by Gasteiger charge is -2.35. The minimum absolute atomic E-state index is 0.178. The standard InChI is InChI=1S/C18H17Cl2F3N4O/c19-13-2-3-14(20)15(9-13)25-17(28)11-26-5-7-27(8-6-26)16-4-1-12(10-24-16)18(21,22)23/h1-4,9-10H,5-8,11H2,(H,25,28). The summed E-state index contributed by atoms with van der Waals surface area (Å²) < 4.78 is 37.9. The zero-order chi connectivity index (χ0) is 20.3. The Morgan fingerprint density at radius 2 is 1.82 bits per heavy atom. The minimum atomic E-state index is -4.40. The van der Waals surface area contributed by atoms with E-state index in [1.54, 1.807) is 18.2 Å². The maximum atomic E-state index is 12.6. The normalized spacial score (nSPS) is 15.5. The summed E-state index contributed by atoms with van der Waals surface area (Å²) in [4.78, 5) is 20.0. The van der Waals surface area contributed by atoms with Crippen molar-refractivity contribution in [2.45, 2.75) is 6.18 Å². The van der Waals surface area contributed by atoms with Gasteiger partial charge in [0.05, 0.1) is 22.8 Å². The Kier molecular flexibility index (Phi) is 6.32. The zero-order valence-electron chi connectivity index (χ0n) is 14.6. The number of alkyl halides is 3. The third-order valence-electron chi connectivity index (χ3n) is 4.34. The average molecular weight is 433 g/mol. The molecule has 1 aliphatic heterocycles. The van der Waals surface area contributed by atoms with Crippen LogP contribution in [0.25, 0.3) is 0 Å². The Morgan fingerprint density at radius 1 is 1.11 bits per heavy atom. The van der Waals surface area contributed by atoms with Crippen molar-refractivity contribution in [2.75, 3.05) is 42.9 Å². The summed E-state index contributed by atoms with van der Waals surface area (Å²) in [6.45, 7) is 2.46. The number of anilines is 2. The Morgan fingerprint density at radius 3 is 2.43 bits per heavy atom. The number of hydrogen-bond donors (Lipinski definition) is 1. The molecule has 0 aliphatic carbocycles. The zero-order valence-corrected chi connectivity index (χ0v) is 16.2. The molecule has 1 aliphatic rings. The molecule has 1 fully saturated rings. The van der Waals surface area contributed by atoms with E-state index in [4.69, 9.17) is 23.2 Å². The van der Waals surface area contributed by atoms with Crippen LogP contribution in [-0.2, 0) is 11.0 Å². The third-order valence-corrected chi connectivity index (χ3v) is 4.91. The number of nitrogens with one attached hydrogen (secondary N) is 1. The number of piperazine rings is 1. The van der Waals surface area contributed by atoms with Crippen LogP contribution in [0.2, 0.25) is 10.0 Å². The summed E-state index contributed by atoms with van der Waals surface area (Å²) >= 11 is 11.9. The molecule has 10 heteroatoms. The lowest BCUT2D eigenvalue weighted by molar-refractivity contribution is -0.137. The average Bonchev–Trinajstić information content (AvgIpc) is 2.65. The van der Waals surface area contributed by atoms with Crippen molar-refractivity contribution in [1.29, 1.82) is 0 Å². The van der Waals surface area contributed by atoms with E-state index in [1.807, 2.05) is 9.80 Å². The monoisotopic (exact) mass is 432 g/mol. The van der Waals surface area contributed by atoms with Gasteiger partial charge in [-0.3, -0.25) is 9.69 Å². The van der Waals surface area contributed by atoms with Gasteiger partial charge in [0.25, 0.3) is 0 Å². The van der Waals surface area contributed by atoms with Crippen molar-refractivity contribution >= 4 is 40.6 Å². The first-order valence-corrected chi connectivity index (χ1v) is 9.23. The minimum Gasteiger partial charge on any atom is -0.354 e. The molecule has 1 amide bonds. The van der Waals surface area contributed by atoms with E-state index >= 15 is 0 Å². The fraction of sp³-hybridized carbons (Fsp3) is 0.333. The highest BCUT2D eigenvalue weighted by Crippen LogP contribution is 2.29. The summed E-state index contributed by atoms with van der Waals surface area (Å²) in [6.07, 6.45) is -3.56. The van der Waals surface area contributed by atoms with Crippen molar-refractivity contribution in [2.24, 2.45) is 0 Å². The van der Waals surface area contributed by atoms with E-state index in [1.165, 1.54) is 6.07 Å². The molecule has 2 heterocycles. The van der Waals surface area contributed by atoms with Gasteiger partial charge in [0.2, 0.25) is 5.91 Å².